The van der Waals surface area contributed by atoms with Crippen LogP contribution in [-0.4, -0.2) is 28.7 Å². The Morgan fingerprint density at radius 1 is 1.16 bits per heavy atom. The lowest BCUT2D eigenvalue weighted by atomic mass is 9.85. The maximum Gasteiger partial charge on any atom is 0.306 e. The molecular formula is C27H41ClO3. The third-order valence-corrected chi connectivity index (χ3v) is 6.69. The summed E-state index contributed by atoms with van der Waals surface area (Å²) in [5, 5.41) is 10.7. The fourth-order valence-electron chi connectivity index (χ4n) is 4.55. The lowest BCUT2D eigenvalue weighted by Gasteiger charge is -2.23. The number of rotatable bonds is 13. The van der Waals surface area contributed by atoms with E-state index in [9.17, 15) is 9.90 Å². The molecule has 4 atom stereocenters. The smallest absolute Gasteiger partial charge is 0.306 e. The highest BCUT2D eigenvalue weighted by atomic mass is 35.5. The topological polar surface area (TPSA) is 46.5 Å². The van der Waals surface area contributed by atoms with Crippen LogP contribution in [0.4, 0.5) is 0 Å². The van der Waals surface area contributed by atoms with Crippen LogP contribution in [0, 0.1) is 5.92 Å². The monoisotopic (exact) mass is 448 g/mol. The predicted molar refractivity (Wildman–Crippen MR) is 130 cm³/mol. The van der Waals surface area contributed by atoms with E-state index in [-0.39, 0.29) is 35.4 Å². The van der Waals surface area contributed by atoms with Crippen molar-refractivity contribution < 1.29 is 14.6 Å². The molecular weight excluding hydrogens is 408 g/mol. The van der Waals surface area contributed by atoms with Crippen LogP contribution in [0.1, 0.15) is 95.6 Å². The van der Waals surface area contributed by atoms with Crippen LogP contribution >= 0.6 is 11.6 Å². The summed E-state index contributed by atoms with van der Waals surface area (Å²) >= 11 is 6.62. The van der Waals surface area contributed by atoms with Crippen molar-refractivity contribution in [1.82, 2.24) is 0 Å². The van der Waals surface area contributed by atoms with E-state index >= 15 is 0 Å². The Kier molecular flexibility index (Phi) is 11.7. The zero-order valence-electron chi connectivity index (χ0n) is 19.6. The van der Waals surface area contributed by atoms with Crippen LogP contribution in [0.25, 0.3) is 0 Å². The number of allylic oxidation sites excluding steroid dienone is 2. The van der Waals surface area contributed by atoms with Gasteiger partial charge in [-0.25, -0.2) is 0 Å². The number of aryl methyl sites for hydroxylation is 1. The number of aliphatic hydroxyl groups is 1. The molecule has 4 heteroatoms. The molecule has 1 N–H and O–H groups in total. The summed E-state index contributed by atoms with van der Waals surface area (Å²) in [4.78, 5) is 11.6. The van der Waals surface area contributed by atoms with Crippen molar-refractivity contribution >= 4 is 17.6 Å². The minimum absolute atomic E-state index is 0.0145. The second-order valence-electron chi connectivity index (χ2n) is 9.20. The van der Waals surface area contributed by atoms with Crippen LogP contribution in [-0.2, 0) is 16.0 Å². The molecule has 1 fully saturated rings. The lowest BCUT2D eigenvalue weighted by molar-refractivity contribution is -0.147. The quantitative estimate of drug-likeness (QED) is 0.154. The summed E-state index contributed by atoms with van der Waals surface area (Å²) in [7, 11) is 0. The Morgan fingerprint density at radius 2 is 1.90 bits per heavy atom. The molecule has 0 saturated heterocycles. The zero-order valence-corrected chi connectivity index (χ0v) is 20.3. The standard InChI is InChI=1S/C27H41ClO3/c1-4-5-6-9-12-21-15-17-22(18-16-21)27-23(24(28)19-25(27)29)13-10-7-8-11-14-26(30)31-20(2)3/h7,10,15-18,20,23-25,27,29H,4-6,8-9,11-14,19H2,1-3H3/t23-,24+,25+,27+/m0/s1. The largest absolute Gasteiger partial charge is 0.463 e. The molecule has 0 aromatic heterocycles. The molecule has 174 valence electrons. The van der Waals surface area contributed by atoms with Gasteiger partial charge >= 0.3 is 5.97 Å². The number of alkyl halides is 1. The number of ether oxygens (including phenoxy) is 1. The Morgan fingerprint density at radius 3 is 2.58 bits per heavy atom. The molecule has 0 bridgehead atoms. The first kappa shape index (κ1) is 25.9. The number of carbonyl (C=O) groups is 1. The van der Waals surface area contributed by atoms with Gasteiger partial charge in [-0.05, 0) is 69.4 Å². The van der Waals surface area contributed by atoms with E-state index in [1.807, 2.05) is 13.8 Å². The maximum atomic E-state index is 11.6. The van der Waals surface area contributed by atoms with Crippen LogP contribution in [0.5, 0.6) is 0 Å². The Balaban J connectivity index is 1.84. The summed E-state index contributed by atoms with van der Waals surface area (Å²) in [5.74, 6) is 0.188. The van der Waals surface area contributed by atoms with E-state index in [4.69, 9.17) is 16.3 Å². The maximum absolute atomic E-state index is 11.6. The Hall–Kier alpha value is -1.32. The molecule has 1 aliphatic carbocycles. The Bertz CT molecular complexity index is 668. The number of carbonyl (C=O) groups excluding carboxylic acids is 1. The van der Waals surface area contributed by atoms with E-state index in [0.717, 1.165) is 25.7 Å². The average molecular weight is 449 g/mol. The molecule has 2 rings (SSSR count). The van der Waals surface area contributed by atoms with Gasteiger partial charge in [-0.2, -0.15) is 0 Å². The van der Waals surface area contributed by atoms with Gasteiger partial charge in [-0.3, -0.25) is 4.79 Å². The second kappa shape index (κ2) is 14.0. The van der Waals surface area contributed by atoms with E-state index in [0.29, 0.717) is 12.8 Å². The van der Waals surface area contributed by atoms with Gasteiger partial charge in [0.2, 0.25) is 0 Å². The second-order valence-corrected chi connectivity index (χ2v) is 9.76. The molecule has 1 aromatic carbocycles. The molecule has 0 radical (unpaired) electrons. The SMILES string of the molecule is CCCCCCc1ccc([C@@H]2[C@@H](CC=CCCCC(=O)OC(C)C)[C@H](Cl)C[C@H]2O)cc1. The number of benzene rings is 1. The third-order valence-electron chi connectivity index (χ3n) is 6.18. The number of unbranched alkanes of at least 4 members (excludes halogenated alkanes) is 4. The zero-order chi connectivity index (χ0) is 22.6. The van der Waals surface area contributed by atoms with Crippen LogP contribution in [0.3, 0.4) is 0 Å². The summed E-state index contributed by atoms with van der Waals surface area (Å²) in [6.07, 6.45) is 13.7. The Labute approximate surface area is 194 Å². The number of aliphatic hydroxyl groups excluding tert-OH is 1. The molecule has 1 saturated carbocycles. The lowest BCUT2D eigenvalue weighted by Crippen LogP contribution is -2.18. The van der Waals surface area contributed by atoms with Crippen molar-refractivity contribution in [2.45, 2.75) is 108 Å². The van der Waals surface area contributed by atoms with Crippen molar-refractivity contribution in [3.05, 3.63) is 47.5 Å². The third kappa shape index (κ3) is 8.98. The minimum Gasteiger partial charge on any atom is -0.463 e. The molecule has 0 aliphatic heterocycles. The first-order valence-electron chi connectivity index (χ1n) is 12.2. The molecule has 0 spiro atoms. The molecule has 0 unspecified atom stereocenters. The van der Waals surface area contributed by atoms with Crippen LogP contribution in [0.15, 0.2) is 36.4 Å². The average Bonchev–Trinajstić information content (AvgIpc) is 3.01. The predicted octanol–water partition coefficient (Wildman–Crippen LogP) is 6.95. The fraction of sp³-hybridized carbons (Fsp3) is 0.667. The molecule has 3 nitrogen and oxygen atoms in total. The van der Waals surface area contributed by atoms with Crippen molar-refractivity contribution in [3.8, 4) is 0 Å². The van der Waals surface area contributed by atoms with E-state index in [1.54, 1.807) is 0 Å². The van der Waals surface area contributed by atoms with Crippen molar-refractivity contribution in [2.24, 2.45) is 5.92 Å². The normalized spacial score (nSPS) is 23.7. The highest BCUT2D eigenvalue weighted by Crippen LogP contribution is 2.44. The van der Waals surface area contributed by atoms with Gasteiger partial charge in [0.05, 0.1) is 12.2 Å². The first-order valence-corrected chi connectivity index (χ1v) is 12.6. The molecule has 1 aliphatic rings. The van der Waals surface area contributed by atoms with Gasteiger partial charge in [0, 0.05) is 17.7 Å². The van der Waals surface area contributed by atoms with E-state index in [1.165, 1.54) is 36.8 Å². The van der Waals surface area contributed by atoms with Gasteiger partial charge < -0.3 is 9.84 Å². The summed E-state index contributed by atoms with van der Waals surface area (Å²) in [5.41, 5.74) is 2.57. The first-order chi connectivity index (χ1) is 14.9. The van der Waals surface area contributed by atoms with E-state index < -0.39 is 0 Å². The highest BCUT2D eigenvalue weighted by molar-refractivity contribution is 6.21. The molecule has 1 aromatic rings. The van der Waals surface area contributed by atoms with Crippen molar-refractivity contribution in [3.63, 3.8) is 0 Å². The van der Waals surface area contributed by atoms with Crippen molar-refractivity contribution in [1.29, 1.82) is 0 Å². The van der Waals surface area contributed by atoms with Gasteiger partial charge in [-0.15, -0.1) is 11.6 Å². The van der Waals surface area contributed by atoms with Crippen LogP contribution in [0.2, 0.25) is 0 Å². The van der Waals surface area contributed by atoms with Gasteiger partial charge in [0.25, 0.3) is 0 Å². The summed E-state index contributed by atoms with van der Waals surface area (Å²) in [6, 6.07) is 8.82. The van der Waals surface area contributed by atoms with E-state index in [2.05, 4.69) is 43.3 Å². The molecule has 0 heterocycles. The number of halogens is 1. The van der Waals surface area contributed by atoms with Gasteiger partial charge in [-0.1, -0.05) is 62.6 Å². The molecule has 31 heavy (non-hydrogen) atoms. The highest BCUT2D eigenvalue weighted by Gasteiger charge is 2.41. The number of esters is 1. The summed E-state index contributed by atoms with van der Waals surface area (Å²) < 4.78 is 5.16. The van der Waals surface area contributed by atoms with Gasteiger partial charge in [0.15, 0.2) is 0 Å². The van der Waals surface area contributed by atoms with Crippen LogP contribution < -0.4 is 0 Å². The number of hydrogen-bond acceptors (Lipinski definition) is 3. The number of hydrogen-bond donors (Lipinski definition) is 1. The summed E-state index contributed by atoms with van der Waals surface area (Å²) in [6.45, 7) is 5.98. The minimum atomic E-state index is -0.387. The fourth-order valence-corrected chi connectivity index (χ4v) is 4.99. The van der Waals surface area contributed by atoms with Gasteiger partial charge in [0.1, 0.15) is 0 Å². The van der Waals surface area contributed by atoms with Crippen molar-refractivity contribution in [2.75, 3.05) is 0 Å². The molecule has 0 amide bonds.